The fourth-order valence-corrected chi connectivity index (χ4v) is 3.06. The number of aliphatic hydroxyl groups is 1. The Hall–Kier alpha value is -2.93. The molecule has 0 saturated carbocycles. The predicted octanol–water partition coefficient (Wildman–Crippen LogP) is 1.84. The first-order chi connectivity index (χ1) is 15.4. The highest BCUT2D eigenvalue weighted by Crippen LogP contribution is 2.18. The molecule has 33 heavy (non-hydrogen) atoms. The van der Waals surface area contributed by atoms with Gasteiger partial charge < -0.3 is 21.1 Å². The zero-order valence-corrected chi connectivity index (χ0v) is 21.4. The van der Waals surface area contributed by atoms with Crippen LogP contribution in [0.4, 0.5) is 5.69 Å². The van der Waals surface area contributed by atoms with Crippen LogP contribution in [0.25, 0.3) is 0 Å². The Bertz CT molecular complexity index is 1050. The van der Waals surface area contributed by atoms with Crippen molar-refractivity contribution in [1.82, 2.24) is 30.2 Å². The number of benzene rings is 1. The number of aryl methyl sites for hydroxylation is 1. The molecule has 4 N–H and O–H groups in total. The number of hydrogen-bond donors (Lipinski definition) is 4. The number of aromatic nitrogens is 4. The van der Waals surface area contributed by atoms with E-state index in [9.17, 15) is 9.90 Å². The van der Waals surface area contributed by atoms with Gasteiger partial charge in [0.25, 0.3) is 0 Å². The van der Waals surface area contributed by atoms with Crippen LogP contribution in [-0.2, 0) is 30.5 Å². The maximum absolute atomic E-state index is 12.2. The average Bonchev–Trinajstić information content (AvgIpc) is 3.42. The third-order valence-electron chi connectivity index (χ3n) is 4.77. The van der Waals surface area contributed by atoms with Gasteiger partial charge in [0, 0.05) is 43.4 Å². The number of nitrogens with zero attached hydrogens (tertiary/aromatic N) is 5. The highest BCUT2D eigenvalue weighted by Gasteiger charge is 2.25. The first-order valence-electron chi connectivity index (χ1n) is 10.5. The summed E-state index contributed by atoms with van der Waals surface area (Å²) in [4.78, 5) is 16.8. The molecule has 11 heteroatoms. The Kier molecular flexibility index (Phi) is 9.85. The smallest absolute Gasteiger partial charge is 0.246 e. The summed E-state index contributed by atoms with van der Waals surface area (Å²) in [6, 6.07) is 9.32. The molecule has 0 aliphatic carbocycles. The Morgan fingerprint density at radius 1 is 1.24 bits per heavy atom. The van der Waals surface area contributed by atoms with Crippen molar-refractivity contribution in [2.24, 2.45) is 12.0 Å². The summed E-state index contributed by atoms with van der Waals surface area (Å²) in [5.74, 6) is 0.437. The van der Waals surface area contributed by atoms with Crippen molar-refractivity contribution in [2.75, 3.05) is 18.4 Å². The number of amides is 1. The second-order valence-corrected chi connectivity index (χ2v) is 7.68. The van der Waals surface area contributed by atoms with Gasteiger partial charge in [0.1, 0.15) is 12.1 Å². The van der Waals surface area contributed by atoms with Crippen LogP contribution < -0.4 is 16.0 Å². The highest BCUT2D eigenvalue weighted by molar-refractivity contribution is 14.0. The number of hydrogen-bond acceptors (Lipinski definition) is 5. The second-order valence-electron chi connectivity index (χ2n) is 7.68. The van der Waals surface area contributed by atoms with E-state index in [1.165, 1.54) is 0 Å². The zero-order chi connectivity index (χ0) is 23.0. The Balaban J connectivity index is 0.00000385. The fraction of sp³-hybridized carbons (Fsp3) is 0.364. The average molecular weight is 566 g/mol. The van der Waals surface area contributed by atoms with Crippen molar-refractivity contribution in [3.05, 3.63) is 66.2 Å². The quantitative estimate of drug-likeness (QED) is 0.178. The molecule has 1 atom stereocenters. The van der Waals surface area contributed by atoms with E-state index in [2.05, 4.69) is 31.1 Å². The Morgan fingerprint density at radius 3 is 2.73 bits per heavy atom. The van der Waals surface area contributed by atoms with Crippen molar-refractivity contribution >= 4 is 41.5 Å². The molecule has 1 aromatic carbocycles. The molecular formula is C22H31IN8O2. The van der Waals surface area contributed by atoms with Gasteiger partial charge >= 0.3 is 0 Å². The van der Waals surface area contributed by atoms with Crippen molar-refractivity contribution in [3.63, 3.8) is 0 Å². The van der Waals surface area contributed by atoms with Crippen molar-refractivity contribution < 1.29 is 9.90 Å². The minimum Gasteiger partial charge on any atom is -0.383 e. The summed E-state index contributed by atoms with van der Waals surface area (Å²) < 4.78 is 3.22. The summed E-state index contributed by atoms with van der Waals surface area (Å²) in [5.41, 5.74) is 1.27. The van der Waals surface area contributed by atoms with Crippen molar-refractivity contribution in [3.8, 4) is 0 Å². The summed E-state index contributed by atoms with van der Waals surface area (Å²) >= 11 is 0. The molecule has 3 rings (SSSR count). The highest BCUT2D eigenvalue weighted by atomic mass is 127. The van der Waals surface area contributed by atoms with E-state index in [0.717, 1.165) is 11.1 Å². The van der Waals surface area contributed by atoms with E-state index in [1.54, 1.807) is 47.1 Å². The first-order valence-corrected chi connectivity index (χ1v) is 10.5. The molecule has 1 amide bonds. The fourth-order valence-electron chi connectivity index (χ4n) is 3.06. The van der Waals surface area contributed by atoms with Crippen molar-refractivity contribution in [1.29, 1.82) is 0 Å². The molecule has 0 bridgehead atoms. The third kappa shape index (κ3) is 8.17. The zero-order valence-electron chi connectivity index (χ0n) is 19.0. The molecule has 2 aromatic heterocycles. The van der Waals surface area contributed by atoms with Crippen molar-refractivity contribution in [2.45, 2.75) is 32.5 Å². The van der Waals surface area contributed by atoms with Gasteiger partial charge in [0.15, 0.2) is 5.96 Å². The number of anilines is 1. The largest absolute Gasteiger partial charge is 0.383 e. The van der Waals surface area contributed by atoms with Crippen LogP contribution in [0, 0.1) is 0 Å². The molecule has 2 heterocycles. The topological polar surface area (TPSA) is 121 Å². The maximum Gasteiger partial charge on any atom is 0.246 e. The first kappa shape index (κ1) is 26.3. The summed E-state index contributed by atoms with van der Waals surface area (Å²) in [6.45, 7) is 5.23. The molecule has 0 aliphatic rings. The van der Waals surface area contributed by atoms with Gasteiger partial charge in [-0.1, -0.05) is 12.1 Å². The summed E-state index contributed by atoms with van der Waals surface area (Å²) in [5, 5.41) is 28.2. The van der Waals surface area contributed by atoms with Crippen LogP contribution in [0.1, 0.15) is 25.0 Å². The van der Waals surface area contributed by atoms with Crippen LogP contribution in [-0.4, -0.2) is 49.6 Å². The molecule has 0 fully saturated rings. The Labute approximate surface area is 210 Å². The standard InChI is InChI=1S/C22H30N8O2.HI/c1-4-23-21(25-16-22(2,32)18-13-27-29(3)14-18)24-12-17-7-5-8-19(11-17)28-20(31)15-30-10-6-9-26-30;/h5-11,13-14,32H,4,12,15-16H2,1-3H3,(H,28,31)(H2,23,24,25);1H. The number of carbonyl (C=O) groups is 1. The minimum atomic E-state index is -1.09. The van der Waals surface area contributed by atoms with E-state index < -0.39 is 5.60 Å². The molecule has 0 aliphatic heterocycles. The van der Waals surface area contributed by atoms with Gasteiger partial charge in [-0.25, -0.2) is 4.99 Å². The molecule has 0 radical (unpaired) electrons. The lowest BCUT2D eigenvalue weighted by Gasteiger charge is -2.23. The summed E-state index contributed by atoms with van der Waals surface area (Å²) in [7, 11) is 1.81. The second kappa shape index (κ2) is 12.3. The number of guanidine groups is 1. The summed E-state index contributed by atoms with van der Waals surface area (Å²) in [6.07, 6.45) is 6.82. The third-order valence-corrected chi connectivity index (χ3v) is 4.77. The van der Waals surface area contributed by atoms with Crippen LogP contribution in [0.5, 0.6) is 0 Å². The lowest BCUT2D eigenvalue weighted by molar-refractivity contribution is -0.116. The maximum atomic E-state index is 12.2. The number of nitrogens with one attached hydrogen (secondary N) is 3. The minimum absolute atomic E-state index is 0. The molecule has 178 valence electrons. The van der Waals surface area contributed by atoms with Crippen LogP contribution in [0.15, 0.2) is 60.1 Å². The van der Waals surface area contributed by atoms with Gasteiger partial charge in [0.05, 0.1) is 19.3 Å². The van der Waals surface area contributed by atoms with Gasteiger partial charge in [-0.15, -0.1) is 24.0 Å². The number of aliphatic imine (C=N–C) groups is 1. The monoisotopic (exact) mass is 566 g/mol. The SMILES string of the molecule is CCNC(=NCc1cccc(NC(=O)Cn2cccn2)c1)NCC(C)(O)c1cnn(C)c1.I. The van der Waals surface area contributed by atoms with Crippen LogP contribution in [0.3, 0.4) is 0 Å². The van der Waals surface area contributed by atoms with E-state index >= 15 is 0 Å². The molecule has 0 saturated heterocycles. The molecular weight excluding hydrogens is 535 g/mol. The van der Waals surface area contributed by atoms with E-state index in [1.807, 2.05) is 38.2 Å². The van der Waals surface area contributed by atoms with Crippen LogP contribution >= 0.6 is 24.0 Å². The van der Waals surface area contributed by atoms with E-state index in [-0.39, 0.29) is 43.0 Å². The van der Waals surface area contributed by atoms with E-state index in [0.29, 0.717) is 24.7 Å². The van der Waals surface area contributed by atoms with Gasteiger partial charge in [-0.3, -0.25) is 14.2 Å². The van der Waals surface area contributed by atoms with Gasteiger partial charge in [0.2, 0.25) is 5.91 Å². The van der Waals surface area contributed by atoms with Gasteiger partial charge in [-0.05, 0) is 37.6 Å². The molecule has 10 nitrogen and oxygen atoms in total. The Morgan fingerprint density at radius 2 is 2.06 bits per heavy atom. The van der Waals surface area contributed by atoms with E-state index in [4.69, 9.17) is 0 Å². The number of rotatable bonds is 9. The van der Waals surface area contributed by atoms with Crippen LogP contribution in [0.2, 0.25) is 0 Å². The predicted molar refractivity (Wildman–Crippen MR) is 138 cm³/mol. The molecule has 3 aromatic rings. The molecule has 0 spiro atoms. The lowest BCUT2D eigenvalue weighted by atomic mass is 10.00. The van der Waals surface area contributed by atoms with Gasteiger partial charge in [-0.2, -0.15) is 10.2 Å². The number of carbonyl (C=O) groups excluding carboxylic acids is 1. The normalized spacial score (nSPS) is 13.0. The lowest BCUT2D eigenvalue weighted by Crippen LogP contribution is -2.44. The molecule has 1 unspecified atom stereocenters. The number of halogens is 1.